The fourth-order valence-corrected chi connectivity index (χ4v) is 0.380. The molecule has 0 aliphatic heterocycles. The van der Waals surface area contributed by atoms with Gasteiger partial charge in [0.25, 0.3) is 0 Å². The third-order valence-corrected chi connectivity index (χ3v) is 2.37. The Labute approximate surface area is 55.7 Å². The molecule has 0 saturated heterocycles. The van der Waals surface area contributed by atoms with Crippen LogP contribution in [0, 0.1) is 5.41 Å². The maximum atomic E-state index is 5.54. The van der Waals surface area contributed by atoms with Crippen LogP contribution >= 0.6 is 24.2 Å². The standard InChI is InChI=1S/C5H11ClS/c1-5(2,3-6)4-7/h7H,3-4H2,1-2H3. The first-order chi connectivity index (χ1) is 3.12. The highest BCUT2D eigenvalue weighted by Gasteiger charge is 2.12. The zero-order valence-electron chi connectivity index (χ0n) is 4.74. The van der Waals surface area contributed by atoms with E-state index < -0.39 is 0 Å². The van der Waals surface area contributed by atoms with Crippen molar-refractivity contribution in [2.75, 3.05) is 11.6 Å². The second-order valence-corrected chi connectivity index (χ2v) is 3.04. The third-order valence-electron chi connectivity index (χ3n) is 0.790. The van der Waals surface area contributed by atoms with Crippen molar-refractivity contribution in [3.05, 3.63) is 0 Å². The van der Waals surface area contributed by atoms with Gasteiger partial charge in [0.2, 0.25) is 0 Å². The molecule has 0 aliphatic rings. The monoisotopic (exact) mass is 138 g/mol. The molecule has 0 aromatic rings. The molecule has 0 aliphatic carbocycles. The van der Waals surface area contributed by atoms with Crippen molar-refractivity contribution in [2.45, 2.75) is 13.8 Å². The minimum atomic E-state index is 0.213. The summed E-state index contributed by atoms with van der Waals surface area (Å²) in [6.07, 6.45) is 0. The topological polar surface area (TPSA) is 0 Å². The summed E-state index contributed by atoms with van der Waals surface area (Å²) in [7, 11) is 0. The third kappa shape index (κ3) is 3.24. The van der Waals surface area contributed by atoms with Crippen LogP contribution in [0.5, 0.6) is 0 Å². The number of hydrogen-bond donors (Lipinski definition) is 1. The molecule has 44 valence electrons. The van der Waals surface area contributed by atoms with Crippen LogP contribution in [0.15, 0.2) is 0 Å². The molecule has 0 unspecified atom stereocenters. The number of thiol groups is 1. The van der Waals surface area contributed by atoms with Gasteiger partial charge in [-0.25, -0.2) is 0 Å². The van der Waals surface area contributed by atoms with Crippen molar-refractivity contribution >= 4 is 24.2 Å². The molecule has 0 spiro atoms. The van der Waals surface area contributed by atoms with Crippen LogP contribution in [-0.2, 0) is 0 Å². The van der Waals surface area contributed by atoms with Crippen molar-refractivity contribution in [1.82, 2.24) is 0 Å². The average Bonchev–Trinajstić information content (AvgIpc) is 1.68. The Morgan fingerprint density at radius 1 is 1.57 bits per heavy atom. The van der Waals surface area contributed by atoms with E-state index in [4.69, 9.17) is 11.6 Å². The van der Waals surface area contributed by atoms with E-state index in [1.165, 1.54) is 0 Å². The Morgan fingerprint density at radius 2 is 2.00 bits per heavy atom. The highest BCUT2D eigenvalue weighted by molar-refractivity contribution is 7.80. The summed E-state index contributed by atoms with van der Waals surface area (Å²) in [6, 6.07) is 0. The Bertz CT molecular complexity index is 46.0. The first kappa shape index (κ1) is 7.64. The molecule has 2 heteroatoms. The van der Waals surface area contributed by atoms with Gasteiger partial charge in [-0.2, -0.15) is 12.6 Å². The Balaban J connectivity index is 3.36. The van der Waals surface area contributed by atoms with Gasteiger partial charge in [0.05, 0.1) is 0 Å². The predicted molar refractivity (Wildman–Crippen MR) is 38.4 cm³/mol. The summed E-state index contributed by atoms with van der Waals surface area (Å²) in [5, 5.41) is 0. The largest absolute Gasteiger partial charge is 0.179 e. The minimum Gasteiger partial charge on any atom is -0.179 e. The molecule has 0 atom stereocenters. The molecular weight excluding hydrogens is 128 g/mol. The lowest BCUT2D eigenvalue weighted by Gasteiger charge is -2.16. The number of hydrogen-bond acceptors (Lipinski definition) is 1. The quantitative estimate of drug-likeness (QED) is 0.439. The van der Waals surface area contributed by atoms with Gasteiger partial charge < -0.3 is 0 Å². The van der Waals surface area contributed by atoms with Crippen molar-refractivity contribution in [3.63, 3.8) is 0 Å². The summed E-state index contributed by atoms with van der Waals surface area (Å²) in [4.78, 5) is 0. The van der Waals surface area contributed by atoms with Crippen molar-refractivity contribution in [1.29, 1.82) is 0 Å². The maximum Gasteiger partial charge on any atom is 0.0282 e. The summed E-state index contributed by atoms with van der Waals surface area (Å²) >= 11 is 9.64. The normalized spacial score (nSPS) is 12.0. The van der Waals surface area contributed by atoms with Crippen molar-refractivity contribution in [3.8, 4) is 0 Å². The zero-order chi connectivity index (χ0) is 5.91. The smallest absolute Gasteiger partial charge is 0.0282 e. The number of halogens is 1. The van der Waals surface area contributed by atoms with E-state index in [-0.39, 0.29) is 5.41 Å². The van der Waals surface area contributed by atoms with E-state index in [2.05, 4.69) is 26.5 Å². The van der Waals surface area contributed by atoms with Gasteiger partial charge in [0.1, 0.15) is 0 Å². The van der Waals surface area contributed by atoms with Crippen LogP contribution in [0.3, 0.4) is 0 Å². The summed E-state index contributed by atoms with van der Waals surface area (Å²) in [6.45, 7) is 4.18. The molecule has 7 heavy (non-hydrogen) atoms. The fraction of sp³-hybridized carbons (Fsp3) is 1.00. The fourth-order valence-electron chi connectivity index (χ4n) is 0.0423. The molecule has 0 heterocycles. The highest BCUT2D eigenvalue weighted by Crippen LogP contribution is 2.17. The molecule has 0 aromatic heterocycles. The van der Waals surface area contributed by atoms with Crippen LogP contribution < -0.4 is 0 Å². The lowest BCUT2D eigenvalue weighted by Crippen LogP contribution is -2.14. The minimum absolute atomic E-state index is 0.213. The van der Waals surface area contributed by atoms with Gasteiger partial charge in [0, 0.05) is 5.88 Å². The Morgan fingerprint density at radius 3 is 2.00 bits per heavy atom. The van der Waals surface area contributed by atoms with Crippen molar-refractivity contribution in [2.24, 2.45) is 5.41 Å². The van der Waals surface area contributed by atoms with E-state index >= 15 is 0 Å². The Hall–Kier alpha value is 0.640. The maximum absolute atomic E-state index is 5.54. The van der Waals surface area contributed by atoms with Gasteiger partial charge in [-0.1, -0.05) is 13.8 Å². The van der Waals surface area contributed by atoms with Gasteiger partial charge >= 0.3 is 0 Å². The van der Waals surface area contributed by atoms with Crippen LogP contribution in [0.4, 0.5) is 0 Å². The summed E-state index contributed by atoms with van der Waals surface area (Å²) in [5.74, 6) is 1.55. The Kier molecular flexibility index (Phi) is 3.09. The highest BCUT2D eigenvalue weighted by atomic mass is 35.5. The lowest BCUT2D eigenvalue weighted by molar-refractivity contribution is 0.490. The molecular formula is C5H11ClS. The lowest BCUT2D eigenvalue weighted by atomic mass is 10.0. The van der Waals surface area contributed by atoms with Crippen LogP contribution in [0.2, 0.25) is 0 Å². The number of rotatable bonds is 2. The van der Waals surface area contributed by atoms with E-state index in [0.29, 0.717) is 5.88 Å². The van der Waals surface area contributed by atoms with Gasteiger partial charge in [-0.15, -0.1) is 11.6 Å². The second-order valence-electron chi connectivity index (χ2n) is 2.46. The molecule has 0 nitrogen and oxygen atoms in total. The SMILES string of the molecule is CC(C)(CS)CCl. The van der Waals surface area contributed by atoms with Gasteiger partial charge in [-0.3, -0.25) is 0 Å². The summed E-state index contributed by atoms with van der Waals surface area (Å²) in [5.41, 5.74) is 0.213. The molecule has 0 N–H and O–H groups in total. The van der Waals surface area contributed by atoms with Crippen LogP contribution in [0.1, 0.15) is 13.8 Å². The van der Waals surface area contributed by atoms with E-state index in [1.807, 2.05) is 0 Å². The van der Waals surface area contributed by atoms with Crippen molar-refractivity contribution < 1.29 is 0 Å². The van der Waals surface area contributed by atoms with Gasteiger partial charge in [0.15, 0.2) is 0 Å². The van der Waals surface area contributed by atoms with Crippen LogP contribution in [0.25, 0.3) is 0 Å². The number of alkyl halides is 1. The molecule has 0 rings (SSSR count). The molecule has 0 radical (unpaired) electrons. The van der Waals surface area contributed by atoms with E-state index in [1.54, 1.807) is 0 Å². The summed E-state index contributed by atoms with van der Waals surface area (Å²) < 4.78 is 0. The van der Waals surface area contributed by atoms with Gasteiger partial charge in [-0.05, 0) is 11.2 Å². The molecule has 0 amide bonds. The van der Waals surface area contributed by atoms with Crippen LogP contribution in [-0.4, -0.2) is 11.6 Å². The zero-order valence-corrected chi connectivity index (χ0v) is 6.39. The average molecular weight is 139 g/mol. The van der Waals surface area contributed by atoms with E-state index in [9.17, 15) is 0 Å². The molecule has 0 fully saturated rings. The first-order valence-corrected chi connectivity index (χ1v) is 3.46. The molecule has 0 saturated carbocycles. The molecule has 0 aromatic carbocycles. The first-order valence-electron chi connectivity index (χ1n) is 2.29. The second kappa shape index (κ2) is 2.83. The molecule has 0 bridgehead atoms. The van der Waals surface area contributed by atoms with E-state index in [0.717, 1.165) is 5.75 Å². The predicted octanol–water partition coefficient (Wildman–Crippen LogP) is 2.18.